The van der Waals surface area contributed by atoms with Crippen LogP contribution in [0, 0.1) is 0 Å². The normalized spacial score (nSPS) is 10.5. The minimum atomic E-state index is 0.289. The smallest absolute Gasteiger partial charge is 0.150 e. The third-order valence-corrected chi connectivity index (χ3v) is 0.919. The number of hydrazone groups is 2. The molecule has 0 fully saturated rings. The maximum Gasteiger partial charge on any atom is 0.150 e. The molecule has 0 aromatic heterocycles. The summed E-state index contributed by atoms with van der Waals surface area (Å²) in [5, 5.41) is 7.24. The zero-order valence-electron chi connectivity index (χ0n) is 5.76. The zero-order chi connectivity index (χ0) is 9.40. The maximum atomic E-state index is 4.56. The van der Waals surface area contributed by atoms with Gasteiger partial charge in [0.1, 0.15) is 0 Å². The van der Waals surface area contributed by atoms with Crippen LogP contribution in [0.5, 0.6) is 0 Å². The van der Waals surface area contributed by atoms with Crippen molar-refractivity contribution in [1.82, 2.24) is 10.9 Å². The summed E-state index contributed by atoms with van der Waals surface area (Å²) in [6.45, 7) is 0. The predicted molar refractivity (Wildman–Crippen MR) is 66.4 cm³/mol. The number of thiocarbonyl (C=S) groups is 2. The Bertz CT molecular complexity index is 199. The minimum Gasteiger partial charge on any atom is -0.262 e. The molecule has 0 bridgehead atoms. The number of nitrogens with one attached hydrogen (secondary N) is 2. The van der Waals surface area contributed by atoms with E-state index in [0.717, 1.165) is 0 Å². The van der Waals surface area contributed by atoms with Gasteiger partial charge in [-0.15, -0.1) is 25.3 Å². The van der Waals surface area contributed by atoms with E-state index >= 15 is 0 Å². The van der Waals surface area contributed by atoms with Gasteiger partial charge < -0.3 is 0 Å². The molecule has 0 aromatic rings. The first-order valence-electron chi connectivity index (χ1n) is 2.65. The average molecular weight is 238 g/mol. The number of hydrogen-bond acceptors (Lipinski definition) is 4. The molecule has 12 heavy (non-hydrogen) atoms. The van der Waals surface area contributed by atoms with E-state index in [1.165, 1.54) is 12.4 Å². The van der Waals surface area contributed by atoms with Gasteiger partial charge in [0.25, 0.3) is 0 Å². The maximum absolute atomic E-state index is 4.56. The van der Waals surface area contributed by atoms with Crippen LogP contribution in [0.2, 0.25) is 0 Å². The van der Waals surface area contributed by atoms with E-state index in [9.17, 15) is 0 Å². The fraction of sp³-hybridized carbons (Fsp3) is 0. The number of thiol groups is 2. The van der Waals surface area contributed by atoms with Crippen LogP contribution in [0.1, 0.15) is 0 Å². The molecule has 66 valence electrons. The molecule has 0 amide bonds. The summed E-state index contributed by atoms with van der Waals surface area (Å²) in [5.41, 5.74) is 4.86. The third-order valence-electron chi connectivity index (χ3n) is 0.536. The molecule has 0 aliphatic carbocycles. The first-order valence-corrected chi connectivity index (χ1v) is 4.36. The summed E-state index contributed by atoms with van der Waals surface area (Å²) in [5.74, 6) is 0. The topological polar surface area (TPSA) is 48.8 Å². The van der Waals surface area contributed by atoms with E-state index in [1.54, 1.807) is 0 Å². The number of rotatable bonds is 3. The van der Waals surface area contributed by atoms with Crippen LogP contribution in [0.25, 0.3) is 0 Å². The lowest BCUT2D eigenvalue weighted by molar-refractivity contribution is 1.07. The van der Waals surface area contributed by atoms with Gasteiger partial charge >= 0.3 is 0 Å². The van der Waals surface area contributed by atoms with E-state index in [0.29, 0.717) is 0 Å². The lowest BCUT2D eigenvalue weighted by Crippen LogP contribution is -2.10. The quantitative estimate of drug-likeness (QED) is 0.251. The highest BCUT2D eigenvalue weighted by Crippen LogP contribution is 1.75. The minimum absolute atomic E-state index is 0.289. The van der Waals surface area contributed by atoms with Crippen molar-refractivity contribution in [3.63, 3.8) is 0 Å². The molecule has 8 heteroatoms. The van der Waals surface area contributed by atoms with E-state index in [4.69, 9.17) is 0 Å². The Hall–Kier alpha value is -0.180. The van der Waals surface area contributed by atoms with E-state index < -0.39 is 0 Å². The largest absolute Gasteiger partial charge is 0.262 e. The second kappa shape index (κ2) is 7.47. The molecule has 0 unspecified atom stereocenters. The van der Waals surface area contributed by atoms with Crippen LogP contribution < -0.4 is 10.9 Å². The Balaban J connectivity index is 3.52. The first-order chi connectivity index (χ1) is 5.63. The zero-order valence-corrected chi connectivity index (χ0v) is 9.18. The lowest BCUT2D eigenvalue weighted by Gasteiger charge is -1.90. The highest BCUT2D eigenvalue weighted by Gasteiger charge is 1.78. The van der Waals surface area contributed by atoms with Crippen molar-refractivity contribution in [3.05, 3.63) is 0 Å². The van der Waals surface area contributed by atoms with Crippen LogP contribution in [0.15, 0.2) is 10.2 Å². The summed E-state index contributed by atoms with van der Waals surface area (Å²) >= 11 is 16.7. The molecule has 0 rings (SSSR count). The molecule has 2 N–H and O–H groups in total. The average Bonchev–Trinajstić information content (AvgIpc) is 1.95. The summed E-state index contributed by atoms with van der Waals surface area (Å²) in [6.07, 6.45) is 2.78. The molecule has 0 heterocycles. The van der Waals surface area contributed by atoms with Gasteiger partial charge in [0.15, 0.2) is 8.64 Å². The molecule has 0 spiro atoms. The Kier molecular flexibility index (Phi) is 7.36. The summed E-state index contributed by atoms with van der Waals surface area (Å²) in [6, 6.07) is 0. The Labute approximate surface area is 91.7 Å². The molecule has 0 aromatic carbocycles. The van der Waals surface area contributed by atoms with Crippen molar-refractivity contribution in [1.29, 1.82) is 0 Å². The second-order valence-corrected chi connectivity index (χ2v) is 3.71. The van der Waals surface area contributed by atoms with E-state index in [2.05, 4.69) is 70.7 Å². The Morgan fingerprint density at radius 3 is 1.58 bits per heavy atom. The SMILES string of the molecule is S=C(S)N/N=C\C=N/NC(=S)S. The van der Waals surface area contributed by atoms with Gasteiger partial charge in [-0.05, 0) is 0 Å². The number of hydrogen-bond donors (Lipinski definition) is 4. The third kappa shape index (κ3) is 9.82. The summed E-state index contributed by atoms with van der Waals surface area (Å²) in [7, 11) is 0. The van der Waals surface area contributed by atoms with Gasteiger partial charge in [0, 0.05) is 0 Å². The van der Waals surface area contributed by atoms with Gasteiger partial charge in [-0.2, -0.15) is 10.2 Å². The molecule has 0 atom stereocenters. The van der Waals surface area contributed by atoms with Crippen molar-refractivity contribution < 1.29 is 0 Å². The summed E-state index contributed by atoms with van der Waals surface area (Å²) < 4.78 is 0.578. The van der Waals surface area contributed by atoms with Crippen molar-refractivity contribution in [2.24, 2.45) is 10.2 Å². The first kappa shape index (κ1) is 11.8. The van der Waals surface area contributed by atoms with Crippen LogP contribution in [0.4, 0.5) is 0 Å². The van der Waals surface area contributed by atoms with E-state index in [-0.39, 0.29) is 8.64 Å². The lowest BCUT2D eigenvalue weighted by atomic mass is 10.8. The van der Waals surface area contributed by atoms with Gasteiger partial charge in [0.2, 0.25) is 0 Å². The van der Waals surface area contributed by atoms with Crippen molar-refractivity contribution in [3.8, 4) is 0 Å². The summed E-state index contributed by atoms with van der Waals surface area (Å²) in [4.78, 5) is 0. The van der Waals surface area contributed by atoms with Gasteiger partial charge in [-0.3, -0.25) is 10.9 Å². The fourth-order valence-electron chi connectivity index (χ4n) is 0.252. The Morgan fingerprint density at radius 2 is 1.33 bits per heavy atom. The van der Waals surface area contributed by atoms with Crippen molar-refractivity contribution in [2.75, 3.05) is 0 Å². The molecule has 4 nitrogen and oxygen atoms in total. The van der Waals surface area contributed by atoms with Crippen LogP contribution in [0.3, 0.4) is 0 Å². The Morgan fingerprint density at radius 1 is 1.00 bits per heavy atom. The van der Waals surface area contributed by atoms with Gasteiger partial charge in [0.05, 0.1) is 12.4 Å². The molecular weight excluding hydrogens is 232 g/mol. The molecule has 0 aliphatic heterocycles. The molecule has 0 saturated heterocycles. The predicted octanol–water partition coefficient (Wildman–Crippen LogP) is 0.567. The van der Waals surface area contributed by atoms with Crippen LogP contribution in [-0.2, 0) is 0 Å². The van der Waals surface area contributed by atoms with Gasteiger partial charge in [-0.25, -0.2) is 0 Å². The van der Waals surface area contributed by atoms with Gasteiger partial charge in [-0.1, -0.05) is 24.4 Å². The molecule has 0 saturated carbocycles. The van der Waals surface area contributed by atoms with Crippen molar-refractivity contribution >= 4 is 70.8 Å². The van der Waals surface area contributed by atoms with Crippen LogP contribution >= 0.6 is 49.7 Å². The highest BCUT2D eigenvalue weighted by molar-refractivity contribution is 8.11. The molecular formula is C4H6N4S4. The number of nitrogens with zero attached hydrogens (tertiary/aromatic N) is 2. The second-order valence-electron chi connectivity index (χ2n) is 1.39. The van der Waals surface area contributed by atoms with Crippen molar-refractivity contribution in [2.45, 2.75) is 0 Å². The van der Waals surface area contributed by atoms with Crippen LogP contribution in [-0.4, -0.2) is 21.1 Å². The van der Waals surface area contributed by atoms with E-state index in [1.807, 2.05) is 0 Å². The molecule has 0 radical (unpaired) electrons. The fourth-order valence-corrected chi connectivity index (χ4v) is 0.473. The highest BCUT2D eigenvalue weighted by atomic mass is 32.1. The monoisotopic (exact) mass is 238 g/mol. The standard InChI is InChI=1S/C4H6N4S4/c9-3(10)7-5-1-2-6-8-4(11)12/h1-2H,(H2,7,9,10)(H2,8,11,12)/b5-1-,6-2-. The molecule has 0 aliphatic rings.